The first kappa shape index (κ1) is 33.3. The summed E-state index contributed by atoms with van der Waals surface area (Å²) < 4.78 is 49.3. The molecule has 0 aromatic heterocycles. The van der Waals surface area contributed by atoms with Gasteiger partial charge in [0.1, 0.15) is 23.9 Å². The van der Waals surface area contributed by atoms with Gasteiger partial charge >= 0.3 is 13.5 Å². The van der Waals surface area contributed by atoms with Crippen LogP contribution in [0.15, 0.2) is 42.0 Å². The molecule has 1 aliphatic heterocycles. The normalized spacial score (nSPS) is 17.7. The minimum Gasteiger partial charge on any atom is -0.402 e. The predicted octanol–water partition coefficient (Wildman–Crippen LogP) is 1.68. The Labute approximate surface area is 232 Å². The largest absolute Gasteiger partial charge is 0.635 e. The molecule has 40 heavy (non-hydrogen) atoms. The Morgan fingerprint density at radius 2 is 1.93 bits per heavy atom. The SMILES string of the molecule is CC(C)(C)C=C(C#N)C(=O)N1CCC[C@@H]1COC[C@H](NCC(F)(F)F)C(=O)N[C@@H](Cc1ccccc1)OB(O)O. The van der Waals surface area contributed by atoms with Gasteiger partial charge in [-0.2, -0.15) is 18.4 Å². The molecule has 0 unspecified atom stereocenters. The van der Waals surface area contributed by atoms with E-state index in [4.69, 9.17) is 9.39 Å². The summed E-state index contributed by atoms with van der Waals surface area (Å²) in [5, 5.41) is 32.5. The number of carbonyl (C=O) groups excluding carboxylic acids is 2. The lowest BCUT2D eigenvalue weighted by atomic mass is 9.93. The maximum atomic E-state index is 13.0. The molecule has 0 aliphatic carbocycles. The summed E-state index contributed by atoms with van der Waals surface area (Å²) in [6, 6.07) is 8.66. The number of amides is 2. The van der Waals surface area contributed by atoms with Crippen molar-refractivity contribution in [3.05, 3.63) is 47.5 Å². The molecule has 1 aliphatic rings. The van der Waals surface area contributed by atoms with Crippen LogP contribution in [0.2, 0.25) is 0 Å². The van der Waals surface area contributed by atoms with Crippen molar-refractivity contribution in [2.45, 2.75) is 64.5 Å². The number of carbonyl (C=O) groups is 2. The van der Waals surface area contributed by atoms with Crippen molar-refractivity contribution >= 4 is 19.1 Å². The highest BCUT2D eigenvalue weighted by Gasteiger charge is 2.34. The maximum Gasteiger partial charge on any atom is 0.635 e. The van der Waals surface area contributed by atoms with E-state index in [2.05, 4.69) is 10.6 Å². The van der Waals surface area contributed by atoms with Crippen LogP contribution in [0.3, 0.4) is 0 Å². The zero-order valence-corrected chi connectivity index (χ0v) is 22.8. The second-order valence-electron chi connectivity index (χ2n) is 10.6. The molecule has 0 bridgehead atoms. The Bertz CT molecular complexity index is 1040. The van der Waals surface area contributed by atoms with Gasteiger partial charge in [0.15, 0.2) is 0 Å². The second-order valence-corrected chi connectivity index (χ2v) is 10.6. The van der Waals surface area contributed by atoms with Crippen molar-refractivity contribution in [2.75, 3.05) is 26.3 Å². The van der Waals surface area contributed by atoms with Crippen LogP contribution in [-0.2, 0) is 25.4 Å². The highest BCUT2D eigenvalue weighted by Crippen LogP contribution is 2.23. The molecule has 0 saturated carbocycles. The molecule has 1 fully saturated rings. The third-order valence-electron chi connectivity index (χ3n) is 5.88. The average molecular weight is 568 g/mol. The number of ether oxygens (including phenoxy) is 1. The van der Waals surface area contributed by atoms with Crippen LogP contribution in [0.4, 0.5) is 13.2 Å². The Morgan fingerprint density at radius 3 is 2.50 bits per heavy atom. The Hall–Kier alpha value is -2.96. The van der Waals surface area contributed by atoms with E-state index in [1.165, 1.54) is 4.90 Å². The van der Waals surface area contributed by atoms with Gasteiger partial charge in [0, 0.05) is 13.0 Å². The number of nitrogens with zero attached hydrogens (tertiary/aromatic N) is 2. The molecule has 2 rings (SSSR count). The van der Waals surface area contributed by atoms with Gasteiger partial charge in [-0.1, -0.05) is 57.2 Å². The van der Waals surface area contributed by atoms with Gasteiger partial charge in [-0.25, -0.2) is 0 Å². The average Bonchev–Trinajstić information content (AvgIpc) is 3.31. The molecule has 1 heterocycles. The Kier molecular flexibility index (Phi) is 12.6. The monoisotopic (exact) mass is 568 g/mol. The number of hydrogen-bond donors (Lipinski definition) is 4. The molecular weight excluding hydrogens is 532 g/mol. The number of allylic oxidation sites excluding steroid dienone is 1. The van der Waals surface area contributed by atoms with Crippen LogP contribution in [-0.4, -0.2) is 84.9 Å². The summed E-state index contributed by atoms with van der Waals surface area (Å²) in [6.07, 6.45) is -3.04. The van der Waals surface area contributed by atoms with Gasteiger partial charge in [0.05, 0.1) is 25.8 Å². The third-order valence-corrected chi connectivity index (χ3v) is 5.88. The van der Waals surface area contributed by atoms with Crippen molar-refractivity contribution in [1.82, 2.24) is 15.5 Å². The minimum atomic E-state index is -4.61. The number of benzene rings is 1. The van der Waals surface area contributed by atoms with E-state index in [0.29, 0.717) is 24.9 Å². The summed E-state index contributed by atoms with van der Waals surface area (Å²) >= 11 is 0. The van der Waals surface area contributed by atoms with E-state index in [1.54, 1.807) is 36.4 Å². The Morgan fingerprint density at radius 1 is 1.25 bits per heavy atom. The number of hydrogen-bond acceptors (Lipinski definition) is 8. The maximum absolute atomic E-state index is 13.0. The van der Waals surface area contributed by atoms with Crippen molar-refractivity contribution in [3.8, 4) is 6.07 Å². The molecule has 1 saturated heterocycles. The molecule has 220 valence electrons. The van der Waals surface area contributed by atoms with Crippen LogP contribution in [0.25, 0.3) is 0 Å². The van der Waals surface area contributed by atoms with E-state index in [1.807, 2.05) is 26.8 Å². The zero-order chi connectivity index (χ0) is 29.9. The van der Waals surface area contributed by atoms with E-state index in [-0.39, 0.29) is 18.6 Å². The van der Waals surface area contributed by atoms with Crippen molar-refractivity contribution in [2.24, 2.45) is 5.41 Å². The lowest BCUT2D eigenvalue weighted by Gasteiger charge is -2.27. The van der Waals surface area contributed by atoms with Crippen molar-refractivity contribution < 1.29 is 42.2 Å². The molecule has 3 atom stereocenters. The van der Waals surface area contributed by atoms with Gasteiger partial charge in [-0.05, 0) is 23.8 Å². The van der Waals surface area contributed by atoms with E-state index in [9.17, 15) is 38.1 Å². The topological polar surface area (TPSA) is 144 Å². The molecule has 4 N–H and O–H groups in total. The van der Waals surface area contributed by atoms with Gasteiger partial charge < -0.3 is 29.7 Å². The smallest absolute Gasteiger partial charge is 0.402 e. The third kappa shape index (κ3) is 12.1. The fraction of sp³-hybridized carbons (Fsp3) is 0.577. The van der Waals surface area contributed by atoms with Crippen LogP contribution in [0.1, 0.15) is 39.2 Å². The van der Waals surface area contributed by atoms with Crippen LogP contribution >= 0.6 is 0 Å². The highest BCUT2D eigenvalue weighted by molar-refractivity contribution is 6.32. The van der Waals surface area contributed by atoms with E-state index >= 15 is 0 Å². The number of nitrogens with one attached hydrogen (secondary N) is 2. The fourth-order valence-electron chi connectivity index (χ4n) is 4.16. The molecule has 1 aromatic carbocycles. The highest BCUT2D eigenvalue weighted by atomic mass is 19.4. The van der Waals surface area contributed by atoms with Gasteiger partial charge in [-0.15, -0.1) is 0 Å². The van der Waals surface area contributed by atoms with Crippen LogP contribution < -0.4 is 10.6 Å². The number of nitriles is 1. The predicted molar refractivity (Wildman–Crippen MR) is 140 cm³/mol. The molecular formula is C26H36BF3N4O6. The second kappa shape index (κ2) is 15.2. The first-order chi connectivity index (χ1) is 18.7. The summed E-state index contributed by atoms with van der Waals surface area (Å²) in [5.74, 6) is -1.36. The zero-order valence-electron chi connectivity index (χ0n) is 22.8. The molecule has 1 aromatic rings. The van der Waals surface area contributed by atoms with Gasteiger partial charge in [0.25, 0.3) is 5.91 Å². The lowest BCUT2D eigenvalue weighted by molar-refractivity contribution is -0.136. The molecule has 10 nitrogen and oxygen atoms in total. The Balaban J connectivity index is 2.07. The van der Waals surface area contributed by atoms with Crippen LogP contribution in [0.5, 0.6) is 0 Å². The minimum absolute atomic E-state index is 0.000901. The number of halogens is 3. The van der Waals surface area contributed by atoms with Crippen molar-refractivity contribution in [3.63, 3.8) is 0 Å². The first-order valence-corrected chi connectivity index (χ1v) is 12.9. The summed E-state index contributed by atoms with van der Waals surface area (Å²) in [7, 11) is -2.23. The van der Waals surface area contributed by atoms with Crippen molar-refractivity contribution in [1.29, 1.82) is 5.26 Å². The van der Waals surface area contributed by atoms with Crippen LogP contribution in [0, 0.1) is 16.7 Å². The van der Waals surface area contributed by atoms with Gasteiger partial charge in [-0.3, -0.25) is 14.9 Å². The molecule has 0 spiro atoms. The van der Waals surface area contributed by atoms with Gasteiger partial charge in [0.2, 0.25) is 5.91 Å². The number of likely N-dealkylation sites (tertiary alicyclic amines) is 1. The summed E-state index contributed by atoms with van der Waals surface area (Å²) in [4.78, 5) is 27.4. The lowest BCUT2D eigenvalue weighted by Crippen LogP contribution is -2.54. The molecule has 2 amide bonds. The first-order valence-electron chi connectivity index (χ1n) is 12.9. The molecule has 0 radical (unpaired) electrons. The van der Waals surface area contributed by atoms with E-state index < -0.39 is 62.2 Å². The summed E-state index contributed by atoms with van der Waals surface area (Å²) in [5.41, 5.74) is 0.275. The fourth-order valence-corrected chi connectivity index (χ4v) is 4.16. The standard InChI is InChI=1S/C26H36BF3N4O6/c1-25(2,3)13-19(14-31)24(36)34-11-7-10-20(34)15-39-16-21(32-17-26(28,29)30)23(35)33-22(40-27(37)38)12-18-8-5-4-6-9-18/h4-6,8-9,13,20-22,32,37-38H,7,10-12,15-17H2,1-3H3,(H,33,35)/t20-,21+,22-/m1/s1. The quantitative estimate of drug-likeness (QED) is 0.122. The molecule has 14 heteroatoms. The van der Waals surface area contributed by atoms with E-state index in [0.717, 1.165) is 0 Å². The number of rotatable bonds is 13. The summed E-state index contributed by atoms with van der Waals surface area (Å²) in [6.45, 7) is 3.97. The number of alkyl halides is 3.